The fraction of sp³-hybridized carbons (Fsp3) is 0.625. The summed E-state index contributed by atoms with van der Waals surface area (Å²) in [5.74, 6) is -5.72. The van der Waals surface area contributed by atoms with Gasteiger partial charge in [-0.3, -0.25) is 14.6 Å². The molecule has 0 radical (unpaired) electrons. The molecule has 3 atom stereocenters. The number of pyridine rings is 1. The number of thiocarbonyl (C=S) groups is 1. The number of halogens is 7. The van der Waals surface area contributed by atoms with E-state index in [9.17, 15) is 45.4 Å². The van der Waals surface area contributed by atoms with Crippen molar-refractivity contribution in [3.63, 3.8) is 0 Å². The molecule has 224 valence electrons. The molecule has 40 heavy (non-hydrogen) atoms. The molecule has 0 aliphatic carbocycles. The van der Waals surface area contributed by atoms with Crippen LogP contribution < -0.4 is 10.6 Å². The van der Waals surface area contributed by atoms with Gasteiger partial charge in [-0.1, -0.05) is 12.2 Å². The molecule has 2 rings (SSSR count). The van der Waals surface area contributed by atoms with Crippen molar-refractivity contribution in [1.82, 2.24) is 15.2 Å². The van der Waals surface area contributed by atoms with Crippen LogP contribution in [0.1, 0.15) is 58.6 Å². The maximum atomic E-state index is 14.1. The normalized spacial score (nSPS) is 19.4. The Morgan fingerprint density at radius 3 is 2.38 bits per heavy atom. The number of alkyl halides is 7. The minimum Gasteiger partial charge on any atom is -0.389 e. The van der Waals surface area contributed by atoms with E-state index in [-0.39, 0.29) is 12.3 Å². The Bertz CT molecular complexity index is 1150. The van der Waals surface area contributed by atoms with Crippen LogP contribution in [0.3, 0.4) is 0 Å². The van der Waals surface area contributed by atoms with Gasteiger partial charge in [-0.25, -0.2) is 22.5 Å². The minimum atomic E-state index is -4.70. The average molecular weight is 602 g/mol. The van der Waals surface area contributed by atoms with Gasteiger partial charge >= 0.3 is 6.18 Å². The van der Waals surface area contributed by atoms with Gasteiger partial charge in [0.1, 0.15) is 11.9 Å². The van der Waals surface area contributed by atoms with Crippen molar-refractivity contribution in [1.29, 1.82) is 0 Å². The molecule has 0 bridgehead atoms. The first kappa shape index (κ1) is 33.3. The Balaban J connectivity index is 2.53. The van der Waals surface area contributed by atoms with E-state index in [0.717, 1.165) is 18.0 Å². The molecular formula is C24H30F7N5O3S. The number of rotatable bonds is 10. The van der Waals surface area contributed by atoms with E-state index in [1.165, 1.54) is 27.7 Å². The number of amides is 2. The predicted molar refractivity (Wildman–Crippen MR) is 137 cm³/mol. The Morgan fingerprint density at radius 1 is 1.30 bits per heavy atom. The summed E-state index contributed by atoms with van der Waals surface area (Å²) in [6.45, 7) is 4.86. The van der Waals surface area contributed by atoms with Crippen molar-refractivity contribution >= 4 is 40.4 Å². The second-order valence-electron chi connectivity index (χ2n) is 10.2. The number of likely N-dealkylation sites (tertiary alicyclic amines) is 1. The van der Waals surface area contributed by atoms with E-state index >= 15 is 0 Å². The molecule has 0 aromatic carbocycles. The maximum absolute atomic E-state index is 14.1. The number of hydrogen-bond donors (Lipinski definition) is 3. The summed E-state index contributed by atoms with van der Waals surface area (Å²) in [6.07, 6.45) is -7.93. The highest BCUT2D eigenvalue weighted by molar-refractivity contribution is 7.81. The maximum Gasteiger partial charge on any atom is 0.408 e. The lowest BCUT2D eigenvalue weighted by Crippen LogP contribution is -2.46. The third-order valence-electron chi connectivity index (χ3n) is 5.92. The fourth-order valence-electron chi connectivity index (χ4n) is 3.75. The molecule has 2 amide bonds. The zero-order valence-corrected chi connectivity index (χ0v) is 23.1. The van der Waals surface area contributed by atoms with Crippen LogP contribution in [0.2, 0.25) is 0 Å². The highest BCUT2D eigenvalue weighted by Crippen LogP contribution is 2.34. The zero-order chi connectivity index (χ0) is 30.8. The number of aliphatic imine (C=N–C) groups is 1. The van der Waals surface area contributed by atoms with E-state index in [0.29, 0.717) is 6.07 Å². The number of carbonyl (C=O) groups is 2. The smallest absolute Gasteiger partial charge is 0.389 e. The SMILES string of the molecule is CC(=NC(C(=O)N1CC(F)(F)C[C@@H]1C)C(=S)c1cnc(N[C@@H](C)C(F)(F)F)cc1C(F)F)C(=O)NCC(C)(C)O. The van der Waals surface area contributed by atoms with Crippen molar-refractivity contribution in [2.45, 2.75) is 83.3 Å². The van der Waals surface area contributed by atoms with E-state index in [1.54, 1.807) is 0 Å². The topological polar surface area (TPSA) is 107 Å². The fourth-order valence-corrected chi connectivity index (χ4v) is 4.08. The summed E-state index contributed by atoms with van der Waals surface area (Å²) in [4.78, 5) is 33.8. The Kier molecular flexibility index (Phi) is 10.3. The molecule has 1 fully saturated rings. The van der Waals surface area contributed by atoms with Crippen LogP contribution in [0.4, 0.5) is 36.6 Å². The number of aromatic nitrogens is 1. The summed E-state index contributed by atoms with van der Waals surface area (Å²) < 4.78 is 94.9. The van der Waals surface area contributed by atoms with Gasteiger partial charge in [-0.05, 0) is 40.7 Å². The van der Waals surface area contributed by atoms with Gasteiger partial charge in [0, 0.05) is 36.3 Å². The molecule has 0 saturated carbocycles. The lowest BCUT2D eigenvalue weighted by atomic mass is 10.0. The zero-order valence-electron chi connectivity index (χ0n) is 22.2. The van der Waals surface area contributed by atoms with Crippen molar-refractivity contribution in [3.05, 3.63) is 23.4 Å². The molecule has 1 saturated heterocycles. The van der Waals surface area contributed by atoms with Crippen LogP contribution in [-0.4, -0.2) is 86.3 Å². The van der Waals surface area contributed by atoms with Gasteiger partial charge in [0.2, 0.25) is 0 Å². The second kappa shape index (κ2) is 12.3. The third kappa shape index (κ3) is 8.81. The summed E-state index contributed by atoms with van der Waals surface area (Å²) in [5, 5.41) is 14.1. The number of aliphatic hydroxyl groups is 1. The van der Waals surface area contributed by atoms with Gasteiger partial charge in [-0.15, -0.1) is 0 Å². The van der Waals surface area contributed by atoms with E-state index in [4.69, 9.17) is 12.2 Å². The lowest BCUT2D eigenvalue weighted by Gasteiger charge is -2.26. The molecule has 3 N–H and O–H groups in total. The summed E-state index contributed by atoms with van der Waals surface area (Å²) in [7, 11) is 0. The number of anilines is 1. The van der Waals surface area contributed by atoms with Crippen LogP contribution in [0, 0.1) is 0 Å². The van der Waals surface area contributed by atoms with E-state index in [1.807, 2.05) is 5.32 Å². The first-order valence-electron chi connectivity index (χ1n) is 12.0. The third-order valence-corrected chi connectivity index (χ3v) is 6.36. The first-order chi connectivity index (χ1) is 18.1. The number of carbonyl (C=O) groups excluding carboxylic acids is 2. The van der Waals surface area contributed by atoms with Gasteiger partial charge in [0.05, 0.1) is 22.7 Å². The number of nitrogens with one attached hydrogen (secondary N) is 2. The number of hydrogen-bond acceptors (Lipinski definition) is 7. The van der Waals surface area contributed by atoms with Gasteiger partial charge < -0.3 is 20.6 Å². The van der Waals surface area contributed by atoms with Gasteiger partial charge in [0.25, 0.3) is 24.2 Å². The Morgan fingerprint density at radius 2 is 1.90 bits per heavy atom. The monoisotopic (exact) mass is 601 g/mol. The predicted octanol–water partition coefficient (Wildman–Crippen LogP) is 4.07. The van der Waals surface area contributed by atoms with E-state index in [2.05, 4.69) is 15.3 Å². The molecule has 1 aromatic rings. The molecule has 1 aromatic heterocycles. The molecule has 2 heterocycles. The molecule has 1 unspecified atom stereocenters. The minimum absolute atomic E-state index is 0.221. The van der Waals surface area contributed by atoms with Crippen molar-refractivity contribution in [2.75, 3.05) is 18.4 Å². The molecular weight excluding hydrogens is 571 g/mol. The van der Waals surface area contributed by atoms with Crippen molar-refractivity contribution in [3.8, 4) is 0 Å². The van der Waals surface area contributed by atoms with Crippen LogP contribution in [0.25, 0.3) is 0 Å². The summed E-state index contributed by atoms with van der Waals surface area (Å²) >= 11 is 5.29. The molecule has 16 heteroatoms. The second-order valence-corrected chi connectivity index (χ2v) is 10.7. The molecule has 0 spiro atoms. The van der Waals surface area contributed by atoms with Gasteiger partial charge in [-0.2, -0.15) is 13.2 Å². The standard InChI is InChI=1S/C24H30F7N5O3S/c1-11-7-23(27,28)10-36(11)21(38)17(34-12(2)20(37)33-9-22(4,5)39)18(40)15-8-32-16(6-14(15)19(25)26)35-13(3)24(29,30)31/h6,8,11,13,17,19,39H,7,9-10H2,1-5H3,(H,32,35)(H,33,37)/t11-,13-,17?/m0/s1. The van der Waals surface area contributed by atoms with Crippen molar-refractivity contribution in [2.24, 2.45) is 4.99 Å². The van der Waals surface area contributed by atoms with Gasteiger partial charge in [0.15, 0.2) is 6.04 Å². The summed E-state index contributed by atoms with van der Waals surface area (Å²) in [5.41, 5.74) is -3.09. The summed E-state index contributed by atoms with van der Waals surface area (Å²) in [6, 6.07) is -4.37. The van der Waals surface area contributed by atoms with Crippen LogP contribution in [0.5, 0.6) is 0 Å². The average Bonchev–Trinajstić information content (AvgIpc) is 3.10. The van der Waals surface area contributed by atoms with E-state index < -0.39 is 88.8 Å². The highest BCUT2D eigenvalue weighted by Gasteiger charge is 2.47. The molecule has 1 aliphatic rings. The van der Waals surface area contributed by atoms with Crippen LogP contribution in [-0.2, 0) is 9.59 Å². The Hall–Kier alpha value is -2.88. The number of nitrogens with zero attached hydrogens (tertiary/aromatic N) is 3. The molecule has 1 aliphatic heterocycles. The molecule has 8 nitrogen and oxygen atoms in total. The van der Waals surface area contributed by atoms with Crippen molar-refractivity contribution < 1.29 is 45.4 Å². The van der Waals surface area contributed by atoms with Crippen LogP contribution >= 0.6 is 12.2 Å². The largest absolute Gasteiger partial charge is 0.408 e. The Labute approximate surface area is 231 Å². The highest BCUT2D eigenvalue weighted by atomic mass is 32.1. The lowest BCUT2D eigenvalue weighted by molar-refractivity contribution is -0.138. The quantitative estimate of drug-likeness (QED) is 0.162. The van der Waals surface area contributed by atoms with Crippen LogP contribution in [0.15, 0.2) is 17.3 Å². The first-order valence-corrected chi connectivity index (χ1v) is 12.4.